The first-order chi connectivity index (χ1) is 11.7. The van der Waals surface area contributed by atoms with Crippen LogP contribution in [0.1, 0.15) is 37.2 Å². The number of benzene rings is 2. The van der Waals surface area contributed by atoms with Crippen molar-refractivity contribution in [1.29, 1.82) is 0 Å². The molecule has 0 saturated heterocycles. The van der Waals surface area contributed by atoms with Crippen LogP contribution in [0.2, 0.25) is 5.02 Å². The molecule has 0 atom stereocenters. The van der Waals surface area contributed by atoms with Gasteiger partial charge in [0.15, 0.2) is 0 Å². The maximum Gasteiger partial charge on any atom is 0.206 e. The normalized spacial score (nSPS) is 21.3. The number of hydrogen-bond donors (Lipinski definition) is 2. The van der Waals surface area contributed by atoms with Gasteiger partial charge in [0, 0.05) is 16.8 Å². The fourth-order valence-electron chi connectivity index (χ4n) is 3.27. The van der Waals surface area contributed by atoms with Gasteiger partial charge in [-0.05, 0) is 55.4 Å². The highest BCUT2D eigenvalue weighted by molar-refractivity contribution is 14.1. The summed E-state index contributed by atoms with van der Waals surface area (Å²) in [7, 11) is 0. The van der Waals surface area contributed by atoms with E-state index in [2.05, 4.69) is 44.2 Å². The molecular weight excluding hydrogens is 433 g/mol. The van der Waals surface area contributed by atoms with Crippen LogP contribution in [0.5, 0.6) is 0 Å². The standard InChI is InChI=1S/C19H21ClIN3/c20-16-7-4-8-18(13-16)23-19(24-21)22-17-11-9-15(10-12-17)14-5-2-1-3-6-14/h1-8,13,15,17H,9-12H2,(H2,22,23,24). The number of rotatable bonds is 3. The summed E-state index contributed by atoms with van der Waals surface area (Å²) >= 11 is 8.06. The zero-order valence-corrected chi connectivity index (χ0v) is 16.3. The Morgan fingerprint density at radius 3 is 2.42 bits per heavy atom. The van der Waals surface area contributed by atoms with Crippen molar-refractivity contribution in [2.24, 2.45) is 3.21 Å². The van der Waals surface area contributed by atoms with E-state index in [0.717, 1.165) is 29.5 Å². The number of halogens is 2. The predicted molar refractivity (Wildman–Crippen MR) is 111 cm³/mol. The molecule has 1 saturated carbocycles. The highest BCUT2D eigenvalue weighted by atomic mass is 127. The molecule has 0 heterocycles. The van der Waals surface area contributed by atoms with Crippen LogP contribution >= 0.6 is 34.5 Å². The van der Waals surface area contributed by atoms with Crippen LogP contribution in [-0.4, -0.2) is 12.0 Å². The number of guanidine groups is 1. The Balaban J connectivity index is 1.53. The van der Waals surface area contributed by atoms with E-state index in [9.17, 15) is 0 Å². The van der Waals surface area contributed by atoms with E-state index in [1.165, 1.54) is 18.4 Å². The Bertz CT molecular complexity index is 682. The third kappa shape index (κ3) is 4.86. The van der Waals surface area contributed by atoms with Crippen LogP contribution in [0.25, 0.3) is 0 Å². The van der Waals surface area contributed by atoms with Gasteiger partial charge in [-0.1, -0.05) is 48.0 Å². The first-order valence-corrected chi connectivity index (χ1v) is 9.62. The van der Waals surface area contributed by atoms with Crippen LogP contribution in [0.3, 0.4) is 0 Å². The Hall–Kier alpha value is -1.27. The number of nitrogens with one attached hydrogen (secondary N) is 2. The van der Waals surface area contributed by atoms with E-state index in [1.807, 2.05) is 47.1 Å². The lowest BCUT2D eigenvalue weighted by molar-refractivity contribution is 0.374. The zero-order valence-electron chi connectivity index (χ0n) is 13.4. The molecule has 0 amide bonds. The molecule has 5 heteroatoms. The molecule has 0 unspecified atom stereocenters. The molecule has 0 aromatic heterocycles. The lowest BCUT2D eigenvalue weighted by Gasteiger charge is -2.30. The van der Waals surface area contributed by atoms with Crippen LogP contribution in [-0.2, 0) is 0 Å². The molecule has 1 fully saturated rings. The molecular formula is C19H21ClIN3. The maximum atomic E-state index is 6.04. The van der Waals surface area contributed by atoms with Crippen LogP contribution < -0.4 is 10.6 Å². The highest BCUT2D eigenvalue weighted by Crippen LogP contribution is 2.32. The van der Waals surface area contributed by atoms with Crippen molar-refractivity contribution in [3.8, 4) is 0 Å². The van der Waals surface area contributed by atoms with Crippen LogP contribution in [0.4, 0.5) is 5.69 Å². The van der Waals surface area contributed by atoms with Gasteiger partial charge in [-0.2, -0.15) is 3.21 Å². The van der Waals surface area contributed by atoms with Crippen LogP contribution in [0.15, 0.2) is 57.8 Å². The van der Waals surface area contributed by atoms with Crippen molar-refractivity contribution in [3.63, 3.8) is 0 Å². The van der Waals surface area contributed by atoms with Crippen molar-refractivity contribution in [2.75, 3.05) is 5.32 Å². The minimum atomic E-state index is 0.463. The van der Waals surface area contributed by atoms with Crippen molar-refractivity contribution >= 4 is 46.1 Å². The number of hydrogen-bond acceptors (Lipinski definition) is 1. The molecule has 1 aliphatic rings. The Kier molecular flexibility index (Phi) is 6.37. The lowest BCUT2D eigenvalue weighted by Crippen LogP contribution is -2.40. The summed E-state index contributed by atoms with van der Waals surface area (Å²) in [5.74, 6) is 1.48. The van der Waals surface area contributed by atoms with E-state index in [4.69, 9.17) is 11.6 Å². The Labute approximate surface area is 162 Å². The first-order valence-electron chi connectivity index (χ1n) is 8.27. The largest absolute Gasteiger partial charge is 0.353 e. The van der Waals surface area contributed by atoms with Gasteiger partial charge >= 0.3 is 0 Å². The zero-order chi connectivity index (χ0) is 16.8. The number of nitrogens with zero attached hydrogens (tertiary/aromatic N) is 1. The Morgan fingerprint density at radius 1 is 1.00 bits per heavy atom. The van der Waals surface area contributed by atoms with Gasteiger partial charge in [0.1, 0.15) is 0 Å². The molecule has 126 valence electrons. The molecule has 0 aliphatic heterocycles. The summed E-state index contributed by atoms with van der Waals surface area (Å²) in [5, 5.41) is 7.56. The second kappa shape index (κ2) is 8.72. The van der Waals surface area contributed by atoms with Crippen molar-refractivity contribution in [2.45, 2.75) is 37.6 Å². The molecule has 3 nitrogen and oxygen atoms in total. The van der Waals surface area contributed by atoms with E-state index in [1.54, 1.807) is 0 Å². The maximum absolute atomic E-state index is 6.04. The lowest BCUT2D eigenvalue weighted by atomic mass is 9.82. The van der Waals surface area contributed by atoms with Gasteiger partial charge in [-0.15, -0.1) is 0 Å². The smallest absolute Gasteiger partial charge is 0.206 e. The molecule has 1 aliphatic carbocycles. The summed E-state index contributed by atoms with van der Waals surface area (Å²) in [5.41, 5.74) is 2.42. The van der Waals surface area contributed by atoms with E-state index in [-0.39, 0.29) is 0 Å². The van der Waals surface area contributed by atoms with Gasteiger partial charge in [0.25, 0.3) is 0 Å². The van der Waals surface area contributed by atoms with Crippen molar-refractivity contribution in [3.05, 3.63) is 65.2 Å². The molecule has 0 spiro atoms. The molecule has 2 N–H and O–H groups in total. The van der Waals surface area contributed by atoms with E-state index in [0.29, 0.717) is 12.0 Å². The summed E-state index contributed by atoms with van der Waals surface area (Å²) in [6, 6.07) is 19.0. The number of anilines is 1. The van der Waals surface area contributed by atoms with E-state index >= 15 is 0 Å². The molecule has 0 bridgehead atoms. The third-order valence-corrected chi connectivity index (χ3v) is 5.23. The molecule has 0 radical (unpaired) electrons. The minimum absolute atomic E-state index is 0.463. The van der Waals surface area contributed by atoms with Gasteiger partial charge in [-0.3, -0.25) is 0 Å². The minimum Gasteiger partial charge on any atom is -0.353 e. The van der Waals surface area contributed by atoms with Crippen molar-refractivity contribution < 1.29 is 0 Å². The molecule has 2 aromatic carbocycles. The van der Waals surface area contributed by atoms with Gasteiger partial charge in [-0.25, -0.2) is 0 Å². The summed E-state index contributed by atoms with van der Waals surface area (Å²) in [4.78, 5) is 0. The van der Waals surface area contributed by atoms with E-state index < -0.39 is 0 Å². The fourth-order valence-corrected chi connectivity index (χ4v) is 3.72. The third-order valence-electron chi connectivity index (χ3n) is 4.51. The monoisotopic (exact) mass is 453 g/mol. The summed E-state index contributed by atoms with van der Waals surface area (Å²) in [6.45, 7) is 0. The van der Waals surface area contributed by atoms with Gasteiger partial charge in [0.05, 0.1) is 22.9 Å². The average Bonchev–Trinajstić information content (AvgIpc) is 2.62. The SMILES string of the molecule is Clc1cccc(N/C(=N\I)NC2CCC(c3ccccc3)CC2)c1. The summed E-state index contributed by atoms with van der Waals surface area (Å²) < 4.78 is 4.31. The van der Waals surface area contributed by atoms with Crippen LogP contribution in [0, 0.1) is 0 Å². The fraction of sp³-hybridized carbons (Fsp3) is 0.316. The van der Waals surface area contributed by atoms with Crippen molar-refractivity contribution in [1.82, 2.24) is 5.32 Å². The highest BCUT2D eigenvalue weighted by Gasteiger charge is 2.22. The quantitative estimate of drug-likeness (QED) is 0.351. The van der Waals surface area contributed by atoms with Gasteiger partial charge < -0.3 is 10.6 Å². The molecule has 24 heavy (non-hydrogen) atoms. The Morgan fingerprint density at radius 2 is 1.75 bits per heavy atom. The predicted octanol–water partition coefficient (Wildman–Crippen LogP) is 5.77. The second-order valence-corrected chi connectivity index (χ2v) is 7.09. The molecule has 3 rings (SSSR count). The second-order valence-electron chi connectivity index (χ2n) is 6.17. The molecule has 2 aromatic rings. The topological polar surface area (TPSA) is 36.4 Å². The summed E-state index contributed by atoms with van der Waals surface area (Å²) in [6.07, 6.45) is 4.75. The average molecular weight is 454 g/mol. The van der Waals surface area contributed by atoms with Gasteiger partial charge in [0.2, 0.25) is 5.96 Å². The first kappa shape index (κ1) is 17.5.